The van der Waals surface area contributed by atoms with Gasteiger partial charge in [0.05, 0.1) is 6.54 Å². The summed E-state index contributed by atoms with van der Waals surface area (Å²) in [5.41, 5.74) is 1.33. The van der Waals surface area contributed by atoms with Crippen LogP contribution in [0, 0.1) is 12.7 Å². The smallest absolute Gasteiger partial charge is 0.251 e. The number of rotatable bonds is 2. The van der Waals surface area contributed by atoms with Crippen molar-refractivity contribution < 1.29 is 4.39 Å². The van der Waals surface area contributed by atoms with Crippen molar-refractivity contribution in [1.82, 2.24) is 4.57 Å². The minimum Gasteiger partial charge on any atom is -0.311 e. The number of aromatic nitrogens is 1. The van der Waals surface area contributed by atoms with Crippen LogP contribution in [-0.2, 0) is 6.54 Å². The first-order chi connectivity index (χ1) is 7.66. The second kappa shape index (κ2) is 4.31. The van der Waals surface area contributed by atoms with Crippen molar-refractivity contribution >= 4 is 0 Å². The van der Waals surface area contributed by atoms with Crippen molar-refractivity contribution in [2.24, 2.45) is 0 Å². The maximum absolute atomic E-state index is 13.4. The monoisotopic (exact) mass is 217 g/mol. The molecule has 1 aromatic heterocycles. The molecule has 2 aromatic rings. The van der Waals surface area contributed by atoms with E-state index in [4.69, 9.17) is 0 Å². The molecule has 0 aliphatic rings. The summed E-state index contributed by atoms with van der Waals surface area (Å²) in [7, 11) is 0. The van der Waals surface area contributed by atoms with Crippen LogP contribution in [0.5, 0.6) is 0 Å². The molecule has 0 radical (unpaired) electrons. The standard InChI is InChI=1S/C13H12FNO/c1-10-6-7-15(13(16)8-10)9-11-4-2-3-5-12(11)14/h2-8H,9H2,1H3. The molecule has 3 heteroatoms. The van der Waals surface area contributed by atoms with Gasteiger partial charge in [-0.25, -0.2) is 4.39 Å². The molecule has 16 heavy (non-hydrogen) atoms. The molecule has 0 aliphatic carbocycles. The van der Waals surface area contributed by atoms with Crippen molar-refractivity contribution in [3.8, 4) is 0 Å². The maximum Gasteiger partial charge on any atom is 0.251 e. The Kier molecular flexibility index (Phi) is 2.86. The lowest BCUT2D eigenvalue weighted by Gasteiger charge is -2.06. The highest BCUT2D eigenvalue weighted by Gasteiger charge is 2.02. The van der Waals surface area contributed by atoms with Gasteiger partial charge >= 0.3 is 0 Å². The zero-order valence-electron chi connectivity index (χ0n) is 8.98. The van der Waals surface area contributed by atoms with Crippen LogP contribution >= 0.6 is 0 Å². The maximum atomic E-state index is 13.4. The highest BCUT2D eigenvalue weighted by molar-refractivity contribution is 5.18. The average Bonchev–Trinajstić information content (AvgIpc) is 2.25. The van der Waals surface area contributed by atoms with Gasteiger partial charge < -0.3 is 4.57 Å². The number of nitrogens with zero attached hydrogens (tertiary/aromatic N) is 1. The van der Waals surface area contributed by atoms with Gasteiger partial charge in [-0.1, -0.05) is 18.2 Å². The summed E-state index contributed by atoms with van der Waals surface area (Å²) in [4.78, 5) is 11.6. The topological polar surface area (TPSA) is 22.0 Å². The number of benzene rings is 1. The third-order valence-electron chi connectivity index (χ3n) is 2.45. The lowest BCUT2D eigenvalue weighted by atomic mass is 10.2. The Morgan fingerprint density at radius 1 is 1.25 bits per heavy atom. The Balaban J connectivity index is 2.35. The fraction of sp³-hybridized carbons (Fsp3) is 0.154. The molecule has 1 aromatic carbocycles. The normalized spacial score (nSPS) is 10.4. The van der Waals surface area contributed by atoms with Gasteiger partial charge in [-0.3, -0.25) is 4.79 Å². The molecule has 0 N–H and O–H groups in total. The lowest BCUT2D eigenvalue weighted by Crippen LogP contribution is -2.19. The summed E-state index contributed by atoms with van der Waals surface area (Å²) < 4.78 is 14.9. The predicted octanol–water partition coefficient (Wildman–Crippen LogP) is 2.34. The van der Waals surface area contributed by atoms with Crippen molar-refractivity contribution in [2.75, 3.05) is 0 Å². The first-order valence-corrected chi connectivity index (χ1v) is 5.07. The molecular weight excluding hydrogens is 205 g/mol. The van der Waals surface area contributed by atoms with E-state index in [1.165, 1.54) is 10.6 Å². The van der Waals surface area contributed by atoms with Crippen molar-refractivity contribution in [2.45, 2.75) is 13.5 Å². The van der Waals surface area contributed by atoms with Crippen LogP contribution in [0.2, 0.25) is 0 Å². The number of aryl methyl sites for hydroxylation is 1. The third-order valence-corrected chi connectivity index (χ3v) is 2.45. The Bertz CT molecular complexity index is 560. The van der Waals surface area contributed by atoms with Crippen LogP contribution < -0.4 is 5.56 Å². The molecule has 82 valence electrons. The van der Waals surface area contributed by atoms with Crippen LogP contribution in [-0.4, -0.2) is 4.57 Å². The van der Waals surface area contributed by atoms with Gasteiger partial charge in [-0.05, 0) is 24.6 Å². The summed E-state index contributed by atoms with van der Waals surface area (Å²) in [5.74, 6) is -0.282. The molecule has 0 unspecified atom stereocenters. The van der Waals surface area contributed by atoms with Crippen molar-refractivity contribution in [3.05, 3.63) is 69.9 Å². The zero-order chi connectivity index (χ0) is 11.5. The molecule has 0 amide bonds. The van der Waals surface area contributed by atoms with Gasteiger partial charge in [0.1, 0.15) is 5.82 Å². The molecule has 1 heterocycles. The highest BCUT2D eigenvalue weighted by Crippen LogP contribution is 2.07. The molecule has 0 aliphatic heterocycles. The number of pyridine rings is 1. The van der Waals surface area contributed by atoms with E-state index >= 15 is 0 Å². The molecule has 0 bridgehead atoms. The van der Waals surface area contributed by atoms with Gasteiger partial charge in [0.2, 0.25) is 0 Å². The Hall–Kier alpha value is -1.90. The van der Waals surface area contributed by atoms with Gasteiger partial charge in [0.15, 0.2) is 0 Å². The van der Waals surface area contributed by atoms with Crippen LogP contribution in [0.25, 0.3) is 0 Å². The molecule has 2 rings (SSSR count). The molecule has 0 atom stereocenters. The van der Waals surface area contributed by atoms with E-state index in [2.05, 4.69) is 0 Å². The molecule has 0 fully saturated rings. The largest absolute Gasteiger partial charge is 0.311 e. The quantitative estimate of drug-likeness (QED) is 0.756. The van der Waals surface area contributed by atoms with E-state index < -0.39 is 0 Å². The molecule has 0 saturated carbocycles. The summed E-state index contributed by atoms with van der Waals surface area (Å²) in [6.07, 6.45) is 1.68. The van der Waals surface area contributed by atoms with Gasteiger partial charge in [0.25, 0.3) is 5.56 Å². The highest BCUT2D eigenvalue weighted by atomic mass is 19.1. The second-order valence-electron chi connectivity index (χ2n) is 3.76. The van der Waals surface area contributed by atoms with E-state index in [9.17, 15) is 9.18 Å². The Morgan fingerprint density at radius 2 is 2.00 bits per heavy atom. The minimum absolute atomic E-state index is 0.108. The number of hydrogen-bond donors (Lipinski definition) is 0. The summed E-state index contributed by atoms with van der Waals surface area (Å²) in [6.45, 7) is 2.13. The van der Waals surface area contributed by atoms with Crippen LogP contribution in [0.4, 0.5) is 4.39 Å². The third kappa shape index (κ3) is 2.19. The van der Waals surface area contributed by atoms with Gasteiger partial charge in [-0.2, -0.15) is 0 Å². The SMILES string of the molecule is Cc1ccn(Cc2ccccc2F)c(=O)c1. The molecule has 0 spiro atoms. The summed E-state index contributed by atoms with van der Waals surface area (Å²) in [6, 6.07) is 9.85. The van der Waals surface area contributed by atoms with Crippen LogP contribution in [0.3, 0.4) is 0 Å². The van der Waals surface area contributed by atoms with Crippen molar-refractivity contribution in [3.63, 3.8) is 0 Å². The molecule has 2 nitrogen and oxygen atoms in total. The van der Waals surface area contributed by atoms with E-state index in [1.54, 1.807) is 30.5 Å². The lowest BCUT2D eigenvalue weighted by molar-refractivity contribution is 0.596. The average molecular weight is 217 g/mol. The zero-order valence-corrected chi connectivity index (χ0v) is 8.98. The first kappa shape index (κ1) is 10.6. The van der Waals surface area contributed by atoms with E-state index in [1.807, 2.05) is 13.0 Å². The number of halogens is 1. The van der Waals surface area contributed by atoms with E-state index in [0.29, 0.717) is 5.56 Å². The van der Waals surface area contributed by atoms with Crippen molar-refractivity contribution in [1.29, 1.82) is 0 Å². The summed E-state index contributed by atoms with van der Waals surface area (Å²) in [5, 5.41) is 0. The predicted molar refractivity (Wildman–Crippen MR) is 60.9 cm³/mol. The number of hydrogen-bond acceptors (Lipinski definition) is 1. The van der Waals surface area contributed by atoms with Gasteiger partial charge in [0, 0.05) is 17.8 Å². The minimum atomic E-state index is -0.282. The van der Waals surface area contributed by atoms with Gasteiger partial charge in [-0.15, -0.1) is 0 Å². The fourth-order valence-corrected chi connectivity index (χ4v) is 1.55. The Morgan fingerprint density at radius 3 is 2.69 bits per heavy atom. The Labute approximate surface area is 93.0 Å². The van der Waals surface area contributed by atoms with Crippen LogP contribution in [0.15, 0.2) is 47.4 Å². The van der Waals surface area contributed by atoms with E-state index in [0.717, 1.165) is 5.56 Å². The van der Waals surface area contributed by atoms with E-state index in [-0.39, 0.29) is 17.9 Å². The van der Waals surface area contributed by atoms with Crippen LogP contribution in [0.1, 0.15) is 11.1 Å². The molecular formula is C13H12FNO. The second-order valence-corrected chi connectivity index (χ2v) is 3.76. The molecule has 0 saturated heterocycles. The summed E-state index contributed by atoms with van der Waals surface area (Å²) >= 11 is 0. The first-order valence-electron chi connectivity index (χ1n) is 5.07. The fourth-order valence-electron chi connectivity index (χ4n) is 1.55.